The van der Waals surface area contributed by atoms with Gasteiger partial charge in [-0.15, -0.1) is 0 Å². The van der Waals surface area contributed by atoms with Crippen LogP contribution in [0.4, 0.5) is 0 Å². The smallest absolute Gasteiger partial charge is 0.306 e. The summed E-state index contributed by atoms with van der Waals surface area (Å²) in [6, 6.07) is 0. The molecular weight excluding hydrogens is 576 g/mol. The fourth-order valence-corrected chi connectivity index (χ4v) is 5.49. The third-order valence-electron chi connectivity index (χ3n) is 8.52. The Hall–Kier alpha value is -1.85. The van der Waals surface area contributed by atoms with Gasteiger partial charge in [-0.25, -0.2) is 0 Å². The average Bonchev–Trinajstić information content (AvgIpc) is 3.05. The number of carbonyl (C=O) groups excluding carboxylic acids is 3. The number of unbranched alkanes of at least 4 members (excludes halogenated alkanes) is 22. The van der Waals surface area contributed by atoms with Crippen molar-refractivity contribution in [1.29, 1.82) is 0 Å². The number of ether oxygens (including phenoxy) is 3. The van der Waals surface area contributed by atoms with Crippen LogP contribution in [-0.2, 0) is 28.6 Å². The van der Waals surface area contributed by atoms with Gasteiger partial charge >= 0.3 is 17.9 Å². The number of esters is 3. The van der Waals surface area contributed by atoms with E-state index in [4.69, 9.17) is 14.2 Å². The van der Waals surface area contributed by atoms with Gasteiger partial charge in [0.15, 0.2) is 6.10 Å². The van der Waals surface area contributed by atoms with E-state index in [-0.39, 0.29) is 31.1 Å². The van der Waals surface area contributed by atoms with Crippen LogP contribution in [0.1, 0.15) is 207 Å². The maximum atomic E-state index is 12.6. The van der Waals surface area contributed by atoms with Crippen LogP contribution in [0.5, 0.6) is 0 Å². The van der Waals surface area contributed by atoms with Crippen molar-refractivity contribution < 1.29 is 28.6 Å². The second-order valence-electron chi connectivity index (χ2n) is 13.2. The Morgan fingerprint density at radius 2 is 0.717 bits per heavy atom. The van der Waals surface area contributed by atoms with Gasteiger partial charge in [0.2, 0.25) is 0 Å². The van der Waals surface area contributed by atoms with Gasteiger partial charge in [-0.2, -0.15) is 0 Å². The van der Waals surface area contributed by atoms with E-state index in [1.54, 1.807) is 0 Å². The first-order valence-electron chi connectivity index (χ1n) is 19.7. The van der Waals surface area contributed by atoms with Crippen molar-refractivity contribution in [1.82, 2.24) is 0 Å². The topological polar surface area (TPSA) is 78.9 Å². The molecule has 0 spiro atoms. The summed E-state index contributed by atoms with van der Waals surface area (Å²) in [5.74, 6) is -0.896. The summed E-state index contributed by atoms with van der Waals surface area (Å²) in [7, 11) is 0. The summed E-state index contributed by atoms with van der Waals surface area (Å²) >= 11 is 0. The maximum absolute atomic E-state index is 12.6. The molecule has 6 nitrogen and oxygen atoms in total. The van der Waals surface area contributed by atoms with Gasteiger partial charge in [0.25, 0.3) is 0 Å². The monoisotopic (exact) mass is 651 g/mol. The van der Waals surface area contributed by atoms with Crippen LogP contribution < -0.4 is 0 Å². The third-order valence-corrected chi connectivity index (χ3v) is 8.52. The highest BCUT2D eigenvalue weighted by atomic mass is 16.6. The van der Waals surface area contributed by atoms with Gasteiger partial charge in [0.05, 0.1) is 0 Å². The summed E-state index contributed by atoms with van der Waals surface area (Å²) in [5, 5.41) is 0. The summed E-state index contributed by atoms with van der Waals surface area (Å²) < 4.78 is 16.5. The van der Waals surface area contributed by atoms with E-state index in [1.807, 2.05) is 0 Å². The predicted octanol–water partition coefficient (Wildman–Crippen LogP) is 11.9. The summed E-state index contributed by atoms with van der Waals surface area (Å²) in [6.45, 7) is 6.50. The lowest BCUT2D eigenvalue weighted by Gasteiger charge is -2.18. The SMILES string of the molecule is CCCCCC/C=C\CCCCCCCC(=O)OCC(COC(=O)CCCCCCC)OC(=O)CCCCCCCCCCCC. The van der Waals surface area contributed by atoms with Crippen LogP contribution in [0.15, 0.2) is 12.2 Å². The van der Waals surface area contributed by atoms with E-state index in [2.05, 4.69) is 32.9 Å². The third kappa shape index (κ3) is 33.5. The molecule has 0 rings (SSSR count). The molecule has 0 aliphatic heterocycles. The van der Waals surface area contributed by atoms with Gasteiger partial charge in [-0.3, -0.25) is 14.4 Å². The first-order valence-corrected chi connectivity index (χ1v) is 19.7. The molecule has 0 fully saturated rings. The Kier molecular flexibility index (Phi) is 34.5. The molecule has 0 aliphatic carbocycles. The van der Waals surface area contributed by atoms with Crippen molar-refractivity contribution in [3.8, 4) is 0 Å². The zero-order chi connectivity index (χ0) is 33.8. The van der Waals surface area contributed by atoms with Crippen LogP contribution in [0.3, 0.4) is 0 Å². The number of carbonyl (C=O) groups is 3. The zero-order valence-electron chi connectivity index (χ0n) is 30.6. The van der Waals surface area contributed by atoms with Crippen LogP contribution in [-0.4, -0.2) is 37.2 Å². The van der Waals surface area contributed by atoms with Gasteiger partial charge in [-0.05, 0) is 44.9 Å². The molecule has 0 bridgehead atoms. The highest BCUT2D eigenvalue weighted by molar-refractivity contribution is 5.71. The largest absolute Gasteiger partial charge is 0.462 e. The molecule has 0 saturated heterocycles. The normalized spacial score (nSPS) is 12.0. The molecule has 0 aromatic rings. The van der Waals surface area contributed by atoms with E-state index in [1.165, 1.54) is 96.3 Å². The number of rotatable bonds is 35. The molecule has 0 amide bonds. The fourth-order valence-electron chi connectivity index (χ4n) is 5.49. The molecule has 0 heterocycles. The quantitative estimate of drug-likeness (QED) is 0.0294. The summed E-state index contributed by atoms with van der Waals surface area (Å²) in [4.78, 5) is 37.2. The van der Waals surface area contributed by atoms with Crippen molar-refractivity contribution in [2.75, 3.05) is 13.2 Å². The van der Waals surface area contributed by atoms with Gasteiger partial charge in [0.1, 0.15) is 13.2 Å². The van der Waals surface area contributed by atoms with E-state index in [9.17, 15) is 14.4 Å². The van der Waals surface area contributed by atoms with Gasteiger partial charge in [-0.1, -0.05) is 155 Å². The lowest BCUT2D eigenvalue weighted by molar-refractivity contribution is -0.167. The minimum Gasteiger partial charge on any atom is -0.462 e. The minimum atomic E-state index is -0.761. The van der Waals surface area contributed by atoms with E-state index < -0.39 is 6.10 Å². The van der Waals surface area contributed by atoms with Crippen molar-refractivity contribution in [2.24, 2.45) is 0 Å². The Bertz CT molecular complexity index is 719. The molecule has 0 aromatic carbocycles. The van der Waals surface area contributed by atoms with Crippen molar-refractivity contribution in [3.05, 3.63) is 12.2 Å². The second kappa shape index (κ2) is 36.0. The van der Waals surface area contributed by atoms with Crippen LogP contribution in [0, 0.1) is 0 Å². The van der Waals surface area contributed by atoms with E-state index >= 15 is 0 Å². The van der Waals surface area contributed by atoms with Crippen molar-refractivity contribution >= 4 is 17.9 Å². The van der Waals surface area contributed by atoms with Crippen molar-refractivity contribution in [2.45, 2.75) is 213 Å². The van der Waals surface area contributed by atoms with Crippen LogP contribution >= 0.6 is 0 Å². The molecule has 1 unspecified atom stereocenters. The Labute approximate surface area is 284 Å². The molecule has 0 N–H and O–H groups in total. The predicted molar refractivity (Wildman–Crippen MR) is 192 cm³/mol. The first-order chi connectivity index (χ1) is 22.5. The van der Waals surface area contributed by atoms with E-state index in [0.717, 1.165) is 70.6 Å². The molecule has 0 aliphatic rings. The van der Waals surface area contributed by atoms with Crippen molar-refractivity contribution in [3.63, 3.8) is 0 Å². The second-order valence-corrected chi connectivity index (χ2v) is 13.2. The van der Waals surface area contributed by atoms with Crippen LogP contribution in [0.2, 0.25) is 0 Å². The number of hydrogen-bond donors (Lipinski definition) is 0. The molecule has 1 atom stereocenters. The first kappa shape index (κ1) is 44.1. The molecule has 0 aromatic heterocycles. The minimum absolute atomic E-state index is 0.0714. The summed E-state index contributed by atoms with van der Waals surface area (Å²) in [5.41, 5.74) is 0. The number of hydrogen-bond acceptors (Lipinski definition) is 6. The lowest BCUT2D eigenvalue weighted by atomic mass is 10.1. The van der Waals surface area contributed by atoms with Crippen LogP contribution in [0.25, 0.3) is 0 Å². The highest BCUT2D eigenvalue weighted by Gasteiger charge is 2.19. The van der Waals surface area contributed by atoms with Gasteiger partial charge < -0.3 is 14.2 Å². The molecule has 270 valence electrons. The molecular formula is C40H74O6. The Morgan fingerprint density at radius 3 is 1.11 bits per heavy atom. The average molecular weight is 651 g/mol. The Morgan fingerprint density at radius 1 is 0.413 bits per heavy atom. The number of allylic oxidation sites excluding steroid dienone is 2. The molecule has 46 heavy (non-hydrogen) atoms. The highest BCUT2D eigenvalue weighted by Crippen LogP contribution is 2.13. The fraction of sp³-hybridized carbons (Fsp3) is 0.875. The zero-order valence-corrected chi connectivity index (χ0v) is 30.6. The van der Waals surface area contributed by atoms with Gasteiger partial charge in [0, 0.05) is 19.3 Å². The van der Waals surface area contributed by atoms with E-state index in [0.29, 0.717) is 19.3 Å². The maximum Gasteiger partial charge on any atom is 0.306 e. The standard InChI is InChI=1S/C40H74O6/c1-4-7-10-13-15-17-19-20-21-23-24-27-30-33-39(42)45-36-37(35-44-38(41)32-29-26-12-9-6-3)46-40(43)34-31-28-25-22-18-16-14-11-8-5-2/h17,19,37H,4-16,18,20-36H2,1-3H3/b19-17-. The Balaban J connectivity index is 4.27. The summed E-state index contributed by atoms with van der Waals surface area (Å²) in [6.07, 6.45) is 35.0. The molecule has 0 radical (unpaired) electrons. The molecule has 6 heteroatoms. The lowest BCUT2D eigenvalue weighted by Crippen LogP contribution is -2.30. The molecule has 0 saturated carbocycles.